The van der Waals surface area contributed by atoms with Crippen molar-refractivity contribution >= 4 is 31.9 Å². The number of nitrogens with two attached hydrogens (primary N) is 1. The molecule has 110 valence electrons. The zero-order valence-corrected chi connectivity index (χ0v) is 14.9. The molecule has 0 amide bonds. The molecular weight excluding hydrogens is 392 g/mol. The van der Waals surface area contributed by atoms with Crippen molar-refractivity contribution in [3.05, 3.63) is 67.6 Å². The molecule has 21 heavy (non-hydrogen) atoms. The van der Waals surface area contributed by atoms with Crippen molar-refractivity contribution in [3.8, 4) is 0 Å². The van der Waals surface area contributed by atoms with Crippen molar-refractivity contribution in [2.45, 2.75) is 31.7 Å². The van der Waals surface area contributed by atoms with Crippen LogP contribution in [0.15, 0.2) is 45.3 Å². The second-order valence-corrected chi connectivity index (χ2v) is 7.32. The lowest BCUT2D eigenvalue weighted by Crippen LogP contribution is -2.29. The van der Waals surface area contributed by atoms with Crippen LogP contribution < -0.4 is 11.3 Å². The lowest BCUT2D eigenvalue weighted by molar-refractivity contribution is 0.549. The van der Waals surface area contributed by atoms with E-state index in [0.717, 1.165) is 15.4 Å². The minimum atomic E-state index is 0.104. The van der Waals surface area contributed by atoms with Gasteiger partial charge in [-0.25, -0.2) is 0 Å². The number of rotatable bonds is 4. The van der Waals surface area contributed by atoms with Gasteiger partial charge in [0.15, 0.2) is 0 Å². The first kappa shape index (κ1) is 15.2. The maximum atomic E-state index is 5.79. The molecule has 3 rings (SSSR count). The predicted octanol–water partition coefficient (Wildman–Crippen LogP) is 4.45. The Labute approximate surface area is 142 Å². The number of hydrazine groups is 1. The summed E-state index contributed by atoms with van der Waals surface area (Å²) in [5.74, 6) is 5.79. The molecule has 0 aliphatic heterocycles. The average molecular weight is 410 g/mol. The highest BCUT2D eigenvalue weighted by Gasteiger charge is 2.16. The molecule has 2 nitrogen and oxygen atoms in total. The van der Waals surface area contributed by atoms with Crippen LogP contribution >= 0.6 is 31.9 Å². The smallest absolute Gasteiger partial charge is 0.0511 e. The molecule has 0 fully saturated rings. The third-order valence-corrected chi connectivity index (χ3v) is 5.32. The highest BCUT2D eigenvalue weighted by Crippen LogP contribution is 2.30. The number of hydrogen-bond donors (Lipinski definition) is 2. The topological polar surface area (TPSA) is 38.0 Å². The van der Waals surface area contributed by atoms with Gasteiger partial charge in [-0.2, -0.15) is 0 Å². The van der Waals surface area contributed by atoms with E-state index in [2.05, 4.69) is 67.6 Å². The van der Waals surface area contributed by atoms with Gasteiger partial charge in [0.2, 0.25) is 0 Å². The van der Waals surface area contributed by atoms with Gasteiger partial charge in [-0.1, -0.05) is 56.1 Å². The molecule has 0 saturated heterocycles. The molecule has 0 heterocycles. The third kappa shape index (κ3) is 3.39. The van der Waals surface area contributed by atoms with E-state index in [1.165, 1.54) is 41.5 Å². The van der Waals surface area contributed by atoms with Crippen molar-refractivity contribution < 1.29 is 0 Å². The summed E-state index contributed by atoms with van der Waals surface area (Å²) in [6, 6.07) is 13.2. The Balaban J connectivity index is 1.84. The fourth-order valence-electron chi connectivity index (χ4n) is 3.03. The monoisotopic (exact) mass is 408 g/mol. The third-order valence-electron chi connectivity index (χ3n) is 4.14. The maximum Gasteiger partial charge on any atom is 0.0511 e. The van der Waals surface area contributed by atoms with Gasteiger partial charge < -0.3 is 0 Å². The Bertz CT molecular complexity index is 655. The Kier molecular flexibility index (Phi) is 4.79. The van der Waals surface area contributed by atoms with Crippen LogP contribution in [0.1, 0.15) is 34.7 Å². The summed E-state index contributed by atoms with van der Waals surface area (Å²) >= 11 is 7.11. The molecule has 2 aromatic carbocycles. The molecule has 1 aliphatic carbocycles. The summed E-state index contributed by atoms with van der Waals surface area (Å²) in [6.07, 6.45) is 4.62. The van der Waals surface area contributed by atoms with Crippen molar-refractivity contribution in [1.29, 1.82) is 0 Å². The van der Waals surface area contributed by atoms with Gasteiger partial charge in [0.05, 0.1) is 6.04 Å². The summed E-state index contributed by atoms with van der Waals surface area (Å²) in [5.41, 5.74) is 8.50. The number of halogens is 2. The average Bonchev–Trinajstić information content (AvgIpc) is 2.93. The Morgan fingerprint density at radius 2 is 1.86 bits per heavy atom. The van der Waals surface area contributed by atoms with Gasteiger partial charge in [-0.3, -0.25) is 11.3 Å². The zero-order valence-electron chi connectivity index (χ0n) is 11.7. The molecule has 0 saturated carbocycles. The maximum absolute atomic E-state index is 5.79. The number of aryl methyl sites for hydroxylation is 2. The van der Waals surface area contributed by atoms with E-state index >= 15 is 0 Å². The van der Waals surface area contributed by atoms with Crippen LogP contribution in [-0.2, 0) is 19.3 Å². The minimum absolute atomic E-state index is 0.104. The summed E-state index contributed by atoms with van der Waals surface area (Å²) in [6.45, 7) is 0. The lowest BCUT2D eigenvalue weighted by Gasteiger charge is -2.19. The van der Waals surface area contributed by atoms with Gasteiger partial charge in [0, 0.05) is 8.95 Å². The first-order chi connectivity index (χ1) is 10.2. The van der Waals surface area contributed by atoms with Crippen LogP contribution in [0.5, 0.6) is 0 Å². The molecule has 0 spiro atoms. The number of benzene rings is 2. The van der Waals surface area contributed by atoms with E-state index in [-0.39, 0.29) is 6.04 Å². The van der Waals surface area contributed by atoms with E-state index in [1.807, 2.05) is 6.07 Å². The Morgan fingerprint density at radius 3 is 2.62 bits per heavy atom. The summed E-state index contributed by atoms with van der Waals surface area (Å²) in [5, 5.41) is 0. The molecule has 0 aromatic heterocycles. The van der Waals surface area contributed by atoms with E-state index in [4.69, 9.17) is 5.84 Å². The predicted molar refractivity (Wildman–Crippen MR) is 94.1 cm³/mol. The molecule has 1 aliphatic rings. The Morgan fingerprint density at radius 1 is 1.05 bits per heavy atom. The zero-order chi connectivity index (χ0) is 14.8. The molecule has 2 aromatic rings. The van der Waals surface area contributed by atoms with Crippen molar-refractivity contribution in [3.63, 3.8) is 0 Å². The first-order valence-corrected chi connectivity index (χ1v) is 8.77. The molecule has 3 N–H and O–H groups in total. The van der Waals surface area contributed by atoms with Crippen LogP contribution in [0, 0.1) is 0 Å². The molecule has 1 unspecified atom stereocenters. The SMILES string of the molecule is NNC(Cc1ccc2c(c1)CCC2)c1ccc(Br)cc1Br. The second-order valence-electron chi connectivity index (χ2n) is 5.55. The van der Waals surface area contributed by atoms with Gasteiger partial charge in [-0.05, 0) is 60.1 Å². The van der Waals surface area contributed by atoms with Crippen LogP contribution in [0.2, 0.25) is 0 Å². The van der Waals surface area contributed by atoms with Crippen LogP contribution in [0.4, 0.5) is 0 Å². The van der Waals surface area contributed by atoms with E-state index < -0.39 is 0 Å². The number of hydrogen-bond acceptors (Lipinski definition) is 2. The largest absolute Gasteiger partial charge is 0.271 e. The standard InChI is InChI=1S/C17H18Br2N2/c18-14-6-7-15(16(19)10-14)17(21-20)9-11-4-5-12-2-1-3-13(12)8-11/h4-8,10,17,21H,1-3,9,20H2. The highest BCUT2D eigenvalue weighted by atomic mass is 79.9. The van der Waals surface area contributed by atoms with E-state index in [1.54, 1.807) is 0 Å². The van der Waals surface area contributed by atoms with Crippen LogP contribution in [0.3, 0.4) is 0 Å². The van der Waals surface area contributed by atoms with Gasteiger partial charge in [0.1, 0.15) is 0 Å². The second kappa shape index (κ2) is 6.61. The normalized spacial score (nSPS) is 15.0. The van der Waals surface area contributed by atoms with Gasteiger partial charge in [-0.15, -0.1) is 0 Å². The molecular formula is C17H18Br2N2. The number of fused-ring (bicyclic) bond motifs is 1. The minimum Gasteiger partial charge on any atom is -0.271 e. The fraction of sp³-hybridized carbons (Fsp3) is 0.294. The fourth-order valence-corrected chi connectivity index (χ4v) is 4.35. The number of nitrogens with one attached hydrogen (secondary N) is 1. The molecule has 0 radical (unpaired) electrons. The molecule has 0 bridgehead atoms. The van der Waals surface area contributed by atoms with Crippen molar-refractivity contribution in [1.82, 2.24) is 5.43 Å². The summed E-state index contributed by atoms with van der Waals surface area (Å²) in [4.78, 5) is 0. The van der Waals surface area contributed by atoms with Crippen LogP contribution in [-0.4, -0.2) is 0 Å². The summed E-state index contributed by atoms with van der Waals surface area (Å²) < 4.78 is 2.13. The highest BCUT2D eigenvalue weighted by molar-refractivity contribution is 9.11. The molecule has 1 atom stereocenters. The van der Waals surface area contributed by atoms with Crippen molar-refractivity contribution in [2.24, 2.45) is 5.84 Å². The quantitative estimate of drug-likeness (QED) is 0.578. The Hall–Kier alpha value is -0.680. The van der Waals surface area contributed by atoms with Crippen LogP contribution in [0.25, 0.3) is 0 Å². The van der Waals surface area contributed by atoms with Gasteiger partial charge in [0.25, 0.3) is 0 Å². The van der Waals surface area contributed by atoms with Gasteiger partial charge >= 0.3 is 0 Å². The molecule has 4 heteroatoms. The van der Waals surface area contributed by atoms with Crippen molar-refractivity contribution in [2.75, 3.05) is 0 Å². The van der Waals surface area contributed by atoms with E-state index in [0.29, 0.717) is 0 Å². The summed E-state index contributed by atoms with van der Waals surface area (Å²) in [7, 11) is 0. The first-order valence-electron chi connectivity index (χ1n) is 7.19. The van der Waals surface area contributed by atoms with E-state index in [9.17, 15) is 0 Å². The lowest BCUT2D eigenvalue weighted by atomic mass is 9.97.